The van der Waals surface area contributed by atoms with Crippen LogP contribution in [0.25, 0.3) is 10.9 Å². The Balaban J connectivity index is 1.87. The molecule has 1 saturated carbocycles. The average Bonchev–Trinajstić information content (AvgIpc) is 2.88. The zero-order chi connectivity index (χ0) is 13.2. The highest BCUT2D eigenvalue weighted by molar-refractivity contribution is 7.99. The summed E-state index contributed by atoms with van der Waals surface area (Å²) in [6.07, 6.45) is 8.02. The van der Waals surface area contributed by atoms with Crippen LogP contribution in [0.2, 0.25) is 0 Å². The van der Waals surface area contributed by atoms with E-state index in [0.717, 1.165) is 10.8 Å². The summed E-state index contributed by atoms with van der Waals surface area (Å²) < 4.78 is 0. The fourth-order valence-electron chi connectivity index (χ4n) is 2.95. The van der Waals surface area contributed by atoms with Crippen molar-refractivity contribution in [3.05, 3.63) is 36.0 Å². The fraction of sp³-hybridized carbons (Fsp3) is 0.438. The molecule has 1 aromatic carbocycles. The molecule has 1 aromatic heterocycles. The van der Waals surface area contributed by atoms with Crippen molar-refractivity contribution in [1.29, 1.82) is 0 Å². The van der Waals surface area contributed by atoms with E-state index in [0.29, 0.717) is 6.04 Å². The molecule has 3 heteroatoms. The Morgan fingerprint density at radius 3 is 2.95 bits per heavy atom. The molecule has 0 radical (unpaired) electrons. The van der Waals surface area contributed by atoms with E-state index in [1.54, 1.807) is 0 Å². The number of benzene rings is 1. The van der Waals surface area contributed by atoms with Gasteiger partial charge in [0, 0.05) is 28.6 Å². The Morgan fingerprint density at radius 1 is 1.26 bits per heavy atom. The number of aromatic nitrogens is 1. The number of para-hydroxylation sites is 1. The van der Waals surface area contributed by atoms with Crippen molar-refractivity contribution >= 4 is 28.4 Å². The predicted octanol–water partition coefficient (Wildman–Crippen LogP) is 4.24. The molecule has 1 fully saturated rings. The first-order chi connectivity index (χ1) is 9.28. The van der Waals surface area contributed by atoms with Gasteiger partial charge in [-0.05, 0) is 44.1 Å². The summed E-state index contributed by atoms with van der Waals surface area (Å²) in [5.74, 6) is 0. The van der Waals surface area contributed by atoms with Gasteiger partial charge in [0.05, 0.1) is 5.52 Å². The zero-order valence-corrected chi connectivity index (χ0v) is 12.3. The molecule has 2 unspecified atom stereocenters. The summed E-state index contributed by atoms with van der Waals surface area (Å²) in [7, 11) is 0. The summed E-state index contributed by atoms with van der Waals surface area (Å²) in [4.78, 5) is 4.50. The van der Waals surface area contributed by atoms with E-state index in [1.807, 2.05) is 18.0 Å². The van der Waals surface area contributed by atoms with E-state index in [2.05, 4.69) is 47.7 Å². The number of nitrogens with zero attached hydrogens (tertiary/aromatic N) is 1. The van der Waals surface area contributed by atoms with Gasteiger partial charge in [0.25, 0.3) is 0 Å². The summed E-state index contributed by atoms with van der Waals surface area (Å²) in [5, 5.41) is 5.79. The van der Waals surface area contributed by atoms with Crippen molar-refractivity contribution in [2.45, 2.75) is 37.5 Å². The second-order valence-electron chi connectivity index (χ2n) is 5.34. The minimum absolute atomic E-state index is 0.614. The highest BCUT2D eigenvalue weighted by Crippen LogP contribution is 2.32. The third-order valence-corrected chi connectivity index (χ3v) is 5.15. The van der Waals surface area contributed by atoms with Crippen LogP contribution in [0.5, 0.6) is 0 Å². The largest absolute Gasteiger partial charge is 0.382 e. The van der Waals surface area contributed by atoms with Crippen molar-refractivity contribution < 1.29 is 0 Å². The van der Waals surface area contributed by atoms with E-state index in [-0.39, 0.29) is 0 Å². The number of pyridine rings is 1. The molecule has 1 heterocycles. The maximum absolute atomic E-state index is 4.50. The van der Waals surface area contributed by atoms with E-state index in [4.69, 9.17) is 0 Å². The number of anilines is 1. The molecule has 2 atom stereocenters. The maximum Gasteiger partial charge on any atom is 0.0751 e. The van der Waals surface area contributed by atoms with Crippen molar-refractivity contribution in [3.8, 4) is 0 Å². The lowest BCUT2D eigenvalue weighted by Crippen LogP contribution is -2.16. The molecule has 0 aliphatic heterocycles. The molecule has 1 aliphatic carbocycles. The van der Waals surface area contributed by atoms with Gasteiger partial charge in [-0.3, -0.25) is 4.98 Å². The number of thioether (sulfide) groups is 1. The van der Waals surface area contributed by atoms with Crippen LogP contribution in [0.3, 0.4) is 0 Å². The Labute approximate surface area is 119 Å². The van der Waals surface area contributed by atoms with Crippen molar-refractivity contribution in [1.82, 2.24) is 4.98 Å². The van der Waals surface area contributed by atoms with Gasteiger partial charge in [-0.1, -0.05) is 18.2 Å². The van der Waals surface area contributed by atoms with Crippen LogP contribution in [0, 0.1) is 6.92 Å². The predicted molar refractivity (Wildman–Crippen MR) is 85.0 cm³/mol. The Bertz CT molecular complexity index is 582. The number of nitrogens with one attached hydrogen (secondary N) is 1. The van der Waals surface area contributed by atoms with Gasteiger partial charge >= 0.3 is 0 Å². The van der Waals surface area contributed by atoms with Gasteiger partial charge in [0.15, 0.2) is 0 Å². The molecule has 2 aromatic rings. The highest BCUT2D eigenvalue weighted by Gasteiger charge is 2.24. The first kappa shape index (κ1) is 12.8. The third-order valence-electron chi connectivity index (χ3n) is 4.05. The molecule has 0 amide bonds. The number of rotatable bonds is 3. The number of fused-ring (bicyclic) bond motifs is 1. The second kappa shape index (κ2) is 5.41. The van der Waals surface area contributed by atoms with Gasteiger partial charge in [-0.2, -0.15) is 11.8 Å². The number of hydrogen-bond acceptors (Lipinski definition) is 3. The summed E-state index contributed by atoms with van der Waals surface area (Å²) in [6, 6.07) is 9.12. The van der Waals surface area contributed by atoms with Gasteiger partial charge in [-0.15, -0.1) is 0 Å². The molecule has 100 valence electrons. The summed E-state index contributed by atoms with van der Waals surface area (Å²) in [6.45, 7) is 2.12. The van der Waals surface area contributed by atoms with Crippen molar-refractivity contribution in [2.75, 3.05) is 11.6 Å². The number of hydrogen-bond donors (Lipinski definition) is 1. The molecule has 1 N–H and O–H groups in total. The second-order valence-corrected chi connectivity index (χ2v) is 6.48. The maximum atomic E-state index is 4.50. The molecule has 0 spiro atoms. The molecular weight excluding hydrogens is 252 g/mol. The van der Waals surface area contributed by atoms with Gasteiger partial charge in [0.2, 0.25) is 0 Å². The van der Waals surface area contributed by atoms with Crippen LogP contribution < -0.4 is 5.32 Å². The fourth-order valence-corrected chi connectivity index (χ4v) is 3.75. The SMILES string of the molecule is CSC1CCC(Nc2ccnc3c(C)cccc23)C1. The van der Waals surface area contributed by atoms with Gasteiger partial charge < -0.3 is 5.32 Å². The Morgan fingerprint density at radius 2 is 2.16 bits per heavy atom. The van der Waals surface area contributed by atoms with E-state index in [1.165, 1.54) is 35.9 Å². The molecule has 0 saturated heterocycles. The molecule has 0 bridgehead atoms. The lowest BCUT2D eigenvalue weighted by Gasteiger charge is -2.16. The Kier molecular flexibility index (Phi) is 3.65. The van der Waals surface area contributed by atoms with Crippen LogP contribution in [-0.2, 0) is 0 Å². The molecule has 2 nitrogen and oxygen atoms in total. The third kappa shape index (κ3) is 2.57. The lowest BCUT2D eigenvalue weighted by molar-refractivity contribution is 0.758. The summed E-state index contributed by atoms with van der Waals surface area (Å²) >= 11 is 2.00. The first-order valence-electron chi connectivity index (χ1n) is 6.91. The first-order valence-corrected chi connectivity index (χ1v) is 8.20. The van der Waals surface area contributed by atoms with Crippen LogP contribution in [0.15, 0.2) is 30.5 Å². The number of aryl methyl sites for hydroxylation is 1. The van der Waals surface area contributed by atoms with Gasteiger partial charge in [-0.25, -0.2) is 0 Å². The minimum atomic E-state index is 0.614. The van der Waals surface area contributed by atoms with Gasteiger partial charge in [0.1, 0.15) is 0 Å². The highest BCUT2D eigenvalue weighted by atomic mass is 32.2. The lowest BCUT2D eigenvalue weighted by atomic mass is 10.1. The normalized spacial score (nSPS) is 22.8. The van der Waals surface area contributed by atoms with Crippen LogP contribution in [-0.4, -0.2) is 22.5 Å². The minimum Gasteiger partial charge on any atom is -0.382 e. The summed E-state index contributed by atoms with van der Waals surface area (Å²) in [5.41, 5.74) is 3.60. The van der Waals surface area contributed by atoms with Crippen LogP contribution in [0.1, 0.15) is 24.8 Å². The Hall–Kier alpha value is -1.22. The molecule has 19 heavy (non-hydrogen) atoms. The van der Waals surface area contributed by atoms with Crippen molar-refractivity contribution in [2.24, 2.45) is 0 Å². The standard InChI is InChI=1S/C16H20N2S/c1-11-4-3-5-14-15(8-9-17-16(11)14)18-12-6-7-13(10-12)19-2/h3-5,8-9,12-13H,6-7,10H2,1-2H3,(H,17,18). The van der Waals surface area contributed by atoms with E-state index in [9.17, 15) is 0 Å². The molecule has 1 aliphatic rings. The van der Waals surface area contributed by atoms with E-state index >= 15 is 0 Å². The monoisotopic (exact) mass is 272 g/mol. The topological polar surface area (TPSA) is 24.9 Å². The van der Waals surface area contributed by atoms with Crippen LogP contribution >= 0.6 is 11.8 Å². The average molecular weight is 272 g/mol. The molecule has 3 rings (SSSR count). The van der Waals surface area contributed by atoms with Crippen LogP contribution in [0.4, 0.5) is 5.69 Å². The zero-order valence-electron chi connectivity index (χ0n) is 11.5. The molecular formula is C16H20N2S. The van der Waals surface area contributed by atoms with E-state index < -0.39 is 0 Å². The smallest absolute Gasteiger partial charge is 0.0751 e. The quantitative estimate of drug-likeness (QED) is 0.904. The van der Waals surface area contributed by atoms with Crippen molar-refractivity contribution in [3.63, 3.8) is 0 Å².